The third kappa shape index (κ3) is 3.70. The largest absolute Gasteiger partial charge is 0.320 e. The van der Waals surface area contributed by atoms with E-state index in [2.05, 4.69) is 15.6 Å². The van der Waals surface area contributed by atoms with Crippen LogP contribution in [0.1, 0.15) is 20.8 Å². The number of amides is 2. The van der Waals surface area contributed by atoms with E-state index in [4.69, 9.17) is 0 Å². The van der Waals surface area contributed by atoms with Gasteiger partial charge in [-0.15, -0.1) is 11.3 Å². The molecule has 4 rings (SSSR count). The highest BCUT2D eigenvalue weighted by molar-refractivity contribution is 7.14. The van der Waals surface area contributed by atoms with Crippen LogP contribution in [0.2, 0.25) is 0 Å². The number of thiazole rings is 1. The van der Waals surface area contributed by atoms with Crippen LogP contribution in [0, 0.1) is 0 Å². The van der Waals surface area contributed by atoms with E-state index in [1.807, 2.05) is 48.5 Å². The average Bonchev–Trinajstić information content (AvgIpc) is 3.17. The molecule has 5 nitrogen and oxygen atoms in total. The molecule has 4 aromatic rings. The summed E-state index contributed by atoms with van der Waals surface area (Å²) in [5.74, 6) is -0.575. The molecule has 0 aliphatic heterocycles. The first kappa shape index (κ1) is 16.9. The first-order valence-electron chi connectivity index (χ1n) is 8.32. The van der Waals surface area contributed by atoms with Crippen LogP contribution in [-0.4, -0.2) is 16.8 Å². The number of anilines is 2. The first-order valence-corrected chi connectivity index (χ1v) is 9.20. The lowest BCUT2D eigenvalue weighted by Gasteiger charge is -2.07. The standard InChI is InChI=1S/C21H15N3O2S/c25-19(15-8-2-1-3-9-15)24-21-23-18(13-27-21)20(26)22-17-12-6-10-14-7-4-5-11-16(14)17/h1-13H,(H,22,26)(H,23,24,25). The molecule has 6 heteroatoms. The number of fused-ring (bicyclic) bond motifs is 1. The Morgan fingerprint density at radius 1 is 0.778 bits per heavy atom. The van der Waals surface area contributed by atoms with Crippen molar-refractivity contribution in [2.75, 3.05) is 10.6 Å². The fourth-order valence-corrected chi connectivity index (χ4v) is 3.40. The molecule has 0 fully saturated rings. The van der Waals surface area contributed by atoms with Gasteiger partial charge in [-0.3, -0.25) is 14.9 Å². The summed E-state index contributed by atoms with van der Waals surface area (Å²) in [6, 6.07) is 22.4. The van der Waals surface area contributed by atoms with Gasteiger partial charge in [0, 0.05) is 22.0 Å². The van der Waals surface area contributed by atoms with Gasteiger partial charge in [0.05, 0.1) is 0 Å². The third-order valence-electron chi connectivity index (χ3n) is 4.03. The van der Waals surface area contributed by atoms with E-state index in [1.165, 1.54) is 11.3 Å². The smallest absolute Gasteiger partial charge is 0.275 e. The minimum atomic E-state index is -0.317. The summed E-state index contributed by atoms with van der Waals surface area (Å²) in [7, 11) is 0. The lowest BCUT2D eigenvalue weighted by molar-refractivity contribution is 0.101. The fraction of sp³-hybridized carbons (Fsp3) is 0. The molecule has 1 aromatic heterocycles. The van der Waals surface area contributed by atoms with Crippen LogP contribution in [0.25, 0.3) is 10.8 Å². The zero-order valence-corrected chi connectivity index (χ0v) is 15.0. The van der Waals surface area contributed by atoms with Crippen molar-refractivity contribution in [1.29, 1.82) is 0 Å². The molecule has 0 radical (unpaired) electrons. The Kier molecular flexibility index (Phi) is 4.63. The van der Waals surface area contributed by atoms with Crippen molar-refractivity contribution in [3.8, 4) is 0 Å². The molecule has 0 aliphatic rings. The molecular weight excluding hydrogens is 358 g/mol. The van der Waals surface area contributed by atoms with Crippen molar-refractivity contribution < 1.29 is 9.59 Å². The van der Waals surface area contributed by atoms with Gasteiger partial charge in [0.2, 0.25) is 0 Å². The van der Waals surface area contributed by atoms with Crippen molar-refractivity contribution in [3.63, 3.8) is 0 Å². The molecule has 0 saturated carbocycles. The van der Waals surface area contributed by atoms with Gasteiger partial charge in [0.25, 0.3) is 11.8 Å². The molecule has 0 saturated heterocycles. The van der Waals surface area contributed by atoms with Crippen LogP contribution < -0.4 is 10.6 Å². The quantitative estimate of drug-likeness (QED) is 0.540. The highest BCUT2D eigenvalue weighted by Gasteiger charge is 2.14. The molecule has 0 atom stereocenters. The summed E-state index contributed by atoms with van der Waals surface area (Å²) < 4.78 is 0. The molecule has 2 amide bonds. The van der Waals surface area contributed by atoms with Gasteiger partial charge in [-0.1, -0.05) is 54.6 Å². The van der Waals surface area contributed by atoms with Crippen molar-refractivity contribution in [2.24, 2.45) is 0 Å². The summed E-state index contributed by atoms with van der Waals surface area (Å²) in [4.78, 5) is 29.0. The van der Waals surface area contributed by atoms with Crippen LogP contribution in [0.15, 0.2) is 78.2 Å². The number of carbonyl (C=O) groups is 2. The summed E-state index contributed by atoms with van der Waals surface area (Å²) in [6.45, 7) is 0. The van der Waals surface area contributed by atoms with Gasteiger partial charge in [0.15, 0.2) is 5.13 Å². The minimum Gasteiger partial charge on any atom is -0.320 e. The van der Waals surface area contributed by atoms with E-state index < -0.39 is 0 Å². The average molecular weight is 373 g/mol. The van der Waals surface area contributed by atoms with Crippen molar-refractivity contribution >= 4 is 44.7 Å². The summed E-state index contributed by atoms with van der Waals surface area (Å²) in [5.41, 5.74) is 1.52. The summed E-state index contributed by atoms with van der Waals surface area (Å²) in [6.07, 6.45) is 0. The number of rotatable bonds is 4. The molecule has 0 unspecified atom stereocenters. The third-order valence-corrected chi connectivity index (χ3v) is 4.79. The highest BCUT2D eigenvalue weighted by atomic mass is 32.1. The maximum absolute atomic E-state index is 12.5. The Hall–Kier alpha value is -3.51. The number of nitrogens with zero attached hydrogens (tertiary/aromatic N) is 1. The van der Waals surface area contributed by atoms with E-state index in [9.17, 15) is 9.59 Å². The second kappa shape index (κ2) is 7.39. The highest BCUT2D eigenvalue weighted by Crippen LogP contribution is 2.24. The predicted octanol–water partition coefficient (Wildman–Crippen LogP) is 4.80. The zero-order valence-electron chi connectivity index (χ0n) is 14.2. The molecule has 27 heavy (non-hydrogen) atoms. The van der Waals surface area contributed by atoms with Gasteiger partial charge in [-0.05, 0) is 23.6 Å². The molecule has 3 aromatic carbocycles. The van der Waals surface area contributed by atoms with Gasteiger partial charge in [0.1, 0.15) is 5.69 Å². The fourth-order valence-electron chi connectivity index (χ4n) is 2.72. The van der Waals surface area contributed by atoms with Gasteiger partial charge in [-0.2, -0.15) is 0 Å². The van der Waals surface area contributed by atoms with Gasteiger partial charge < -0.3 is 5.32 Å². The van der Waals surface area contributed by atoms with E-state index >= 15 is 0 Å². The Bertz CT molecular complexity index is 1120. The maximum Gasteiger partial charge on any atom is 0.275 e. The second-order valence-electron chi connectivity index (χ2n) is 5.84. The van der Waals surface area contributed by atoms with Crippen LogP contribution in [0.4, 0.5) is 10.8 Å². The van der Waals surface area contributed by atoms with Crippen molar-refractivity contribution in [1.82, 2.24) is 4.98 Å². The van der Waals surface area contributed by atoms with Crippen LogP contribution >= 0.6 is 11.3 Å². The number of hydrogen-bond donors (Lipinski definition) is 2. The monoisotopic (exact) mass is 373 g/mol. The topological polar surface area (TPSA) is 71.1 Å². The Labute approximate surface area is 159 Å². The second-order valence-corrected chi connectivity index (χ2v) is 6.70. The molecule has 2 N–H and O–H groups in total. The van der Waals surface area contributed by atoms with E-state index in [0.717, 1.165) is 16.5 Å². The lowest BCUT2D eigenvalue weighted by atomic mass is 10.1. The summed E-state index contributed by atoms with van der Waals surface area (Å²) >= 11 is 1.21. The molecule has 0 aliphatic carbocycles. The Morgan fingerprint density at radius 3 is 2.37 bits per heavy atom. The predicted molar refractivity (Wildman–Crippen MR) is 108 cm³/mol. The normalized spacial score (nSPS) is 10.5. The molecular formula is C21H15N3O2S. The van der Waals surface area contributed by atoms with E-state index in [1.54, 1.807) is 29.6 Å². The number of hydrogen-bond acceptors (Lipinski definition) is 4. The number of carbonyl (C=O) groups excluding carboxylic acids is 2. The maximum atomic E-state index is 12.5. The summed E-state index contributed by atoms with van der Waals surface area (Å²) in [5, 5.41) is 9.62. The number of aromatic nitrogens is 1. The molecule has 0 spiro atoms. The van der Waals surface area contributed by atoms with Crippen molar-refractivity contribution in [3.05, 3.63) is 89.4 Å². The zero-order chi connectivity index (χ0) is 18.6. The van der Waals surface area contributed by atoms with Crippen LogP contribution in [0.5, 0.6) is 0 Å². The van der Waals surface area contributed by atoms with E-state index in [-0.39, 0.29) is 17.5 Å². The van der Waals surface area contributed by atoms with Gasteiger partial charge in [-0.25, -0.2) is 4.98 Å². The van der Waals surface area contributed by atoms with Crippen LogP contribution in [0.3, 0.4) is 0 Å². The Balaban J connectivity index is 1.49. The number of nitrogens with one attached hydrogen (secondary N) is 2. The van der Waals surface area contributed by atoms with Gasteiger partial charge >= 0.3 is 0 Å². The SMILES string of the molecule is O=C(Nc1nc(C(=O)Nc2cccc3ccccc23)cs1)c1ccccc1. The number of benzene rings is 3. The van der Waals surface area contributed by atoms with E-state index in [0.29, 0.717) is 10.7 Å². The first-order chi connectivity index (χ1) is 13.2. The minimum absolute atomic E-state index is 0.258. The lowest BCUT2D eigenvalue weighted by Crippen LogP contribution is -2.14. The van der Waals surface area contributed by atoms with Crippen molar-refractivity contribution in [2.45, 2.75) is 0 Å². The molecule has 1 heterocycles. The molecule has 0 bridgehead atoms. The van der Waals surface area contributed by atoms with Crippen LogP contribution in [-0.2, 0) is 0 Å². The Morgan fingerprint density at radius 2 is 1.52 bits per heavy atom. The molecule has 132 valence electrons.